The standard InChI is InChI=1S/C25H37N5O2.HI/c1-3-26-25(28-16-22-10-12-30(29-22)23-6-4-5-7-23)27-15-21-9-8-19(2)14-24(21)32-18-20-11-13-31-17-20;/h8-10,12,14,20,23H,3-7,11,13,15-18H2,1-2H3,(H2,26,27,28);1H. The molecule has 2 heterocycles. The van der Waals surface area contributed by atoms with Gasteiger partial charge in [-0.3, -0.25) is 4.68 Å². The van der Waals surface area contributed by atoms with Crippen molar-refractivity contribution in [3.63, 3.8) is 0 Å². The second-order valence-electron chi connectivity index (χ2n) is 8.93. The number of guanidine groups is 1. The van der Waals surface area contributed by atoms with Crippen LogP contribution >= 0.6 is 24.0 Å². The van der Waals surface area contributed by atoms with E-state index in [4.69, 9.17) is 19.6 Å². The van der Waals surface area contributed by atoms with Crippen molar-refractivity contribution < 1.29 is 9.47 Å². The number of ether oxygens (including phenoxy) is 2. The number of rotatable bonds is 9. The summed E-state index contributed by atoms with van der Waals surface area (Å²) in [7, 11) is 0. The summed E-state index contributed by atoms with van der Waals surface area (Å²) in [5.74, 6) is 2.19. The first kappa shape index (κ1) is 25.8. The number of aliphatic imine (C=N–C) groups is 1. The molecule has 1 aliphatic carbocycles. The van der Waals surface area contributed by atoms with Crippen molar-refractivity contribution in [3.05, 3.63) is 47.3 Å². The normalized spacial score (nSPS) is 18.8. The van der Waals surface area contributed by atoms with Crippen molar-refractivity contribution in [1.29, 1.82) is 0 Å². The molecule has 2 aliphatic rings. The zero-order valence-corrected chi connectivity index (χ0v) is 22.2. The van der Waals surface area contributed by atoms with E-state index in [0.29, 0.717) is 31.7 Å². The largest absolute Gasteiger partial charge is 0.493 e. The Bertz CT molecular complexity index is 889. The quantitative estimate of drug-likeness (QED) is 0.264. The molecule has 0 radical (unpaired) electrons. The highest BCUT2D eigenvalue weighted by Gasteiger charge is 2.18. The van der Waals surface area contributed by atoms with E-state index < -0.39 is 0 Å². The first-order chi connectivity index (χ1) is 15.7. The topological polar surface area (TPSA) is 72.7 Å². The number of aromatic nitrogens is 2. The molecule has 1 aliphatic heterocycles. The summed E-state index contributed by atoms with van der Waals surface area (Å²) in [6.45, 7) is 8.53. The van der Waals surface area contributed by atoms with Crippen LogP contribution < -0.4 is 15.4 Å². The van der Waals surface area contributed by atoms with Crippen molar-refractivity contribution in [3.8, 4) is 5.75 Å². The lowest BCUT2D eigenvalue weighted by molar-refractivity contribution is 0.166. The Labute approximate surface area is 214 Å². The molecule has 2 fully saturated rings. The van der Waals surface area contributed by atoms with Crippen molar-refractivity contribution in [2.24, 2.45) is 10.9 Å². The molecule has 1 aromatic heterocycles. The molecule has 1 aromatic carbocycles. The Morgan fingerprint density at radius 1 is 1.21 bits per heavy atom. The maximum Gasteiger partial charge on any atom is 0.191 e. The highest BCUT2D eigenvalue weighted by molar-refractivity contribution is 14.0. The third kappa shape index (κ3) is 7.60. The van der Waals surface area contributed by atoms with Gasteiger partial charge in [0.2, 0.25) is 0 Å². The van der Waals surface area contributed by atoms with Gasteiger partial charge in [0.15, 0.2) is 5.96 Å². The van der Waals surface area contributed by atoms with Crippen LogP contribution in [0.1, 0.15) is 61.9 Å². The molecule has 0 bridgehead atoms. The van der Waals surface area contributed by atoms with E-state index in [1.165, 1.54) is 31.2 Å². The minimum atomic E-state index is 0. The van der Waals surface area contributed by atoms with Crippen LogP contribution in [0.5, 0.6) is 5.75 Å². The van der Waals surface area contributed by atoms with Gasteiger partial charge >= 0.3 is 0 Å². The number of hydrogen-bond acceptors (Lipinski definition) is 4. The Hall–Kier alpha value is -1.81. The van der Waals surface area contributed by atoms with Gasteiger partial charge in [-0.15, -0.1) is 24.0 Å². The van der Waals surface area contributed by atoms with Crippen LogP contribution in [-0.2, 0) is 17.8 Å². The predicted molar refractivity (Wildman–Crippen MR) is 142 cm³/mol. The summed E-state index contributed by atoms with van der Waals surface area (Å²) < 4.78 is 13.8. The lowest BCUT2D eigenvalue weighted by Gasteiger charge is -2.15. The molecule has 8 heteroatoms. The van der Waals surface area contributed by atoms with E-state index in [1.807, 2.05) is 0 Å². The lowest BCUT2D eigenvalue weighted by Crippen LogP contribution is -2.37. The molecule has 1 saturated heterocycles. The van der Waals surface area contributed by atoms with E-state index >= 15 is 0 Å². The fourth-order valence-electron chi connectivity index (χ4n) is 4.37. The first-order valence-corrected chi connectivity index (χ1v) is 12.1. The zero-order chi connectivity index (χ0) is 22.2. The maximum absolute atomic E-state index is 6.17. The van der Waals surface area contributed by atoms with Crippen molar-refractivity contribution in [2.75, 3.05) is 26.4 Å². The number of nitrogens with zero attached hydrogens (tertiary/aromatic N) is 3. The van der Waals surface area contributed by atoms with Gasteiger partial charge < -0.3 is 20.1 Å². The van der Waals surface area contributed by atoms with Crippen LogP contribution in [0.3, 0.4) is 0 Å². The molecule has 7 nitrogen and oxygen atoms in total. The average molecular weight is 568 g/mol. The fourth-order valence-corrected chi connectivity index (χ4v) is 4.37. The Kier molecular flexibility index (Phi) is 10.3. The summed E-state index contributed by atoms with van der Waals surface area (Å²) in [5.41, 5.74) is 3.33. The molecule has 2 N–H and O–H groups in total. The van der Waals surface area contributed by atoms with Gasteiger partial charge in [-0.2, -0.15) is 5.10 Å². The van der Waals surface area contributed by atoms with Gasteiger partial charge in [0, 0.05) is 30.8 Å². The molecular formula is C25H38IN5O2. The highest BCUT2D eigenvalue weighted by atomic mass is 127. The summed E-state index contributed by atoms with van der Waals surface area (Å²) in [4.78, 5) is 4.81. The number of benzene rings is 1. The van der Waals surface area contributed by atoms with Gasteiger partial charge in [0.1, 0.15) is 5.75 Å². The molecule has 1 unspecified atom stereocenters. The van der Waals surface area contributed by atoms with Gasteiger partial charge in [-0.05, 0) is 50.8 Å². The minimum absolute atomic E-state index is 0. The molecule has 2 aromatic rings. The number of hydrogen-bond donors (Lipinski definition) is 2. The average Bonchev–Trinajstić information content (AvgIpc) is 3.57. The Morgan fingerprint density at radius 3 is 2.82 bits per heavy atom. The Balaban J connectivity index is 0.00000306. The van der Waals surface area contributed by atoms with Crippen molar-refractivity contribution >= 4 is 29.9 Å². The van der Waals surface area contributed by atoms with Gasteiger partial charge in [-0.1, -0.05) is 25.0 Å². The summed E-state index contributed by atoms with van der Waals surface area (Å²) in [6.07, 6.45) is 8.30. The van der Waals surface area contributed by atoms with E-state index in [-0.39, 0.29) is 24.0 Å². The van der Waals surface area contributed by atoms with E-state index in [2.05, 4.69) is 59.6 Å². The SMILES string of the molecule is CCNC(=NCc1ccc(C)cc1OCC1CCOC1)NCc1ccn(C2CCCC2)n1.I. The molecular weight excluding hydrogens is 529 g/mol. The number of nitrogens with one attached hydrogen (secondary N) is 2. The molecule has 182 valence electrons. The molecule has 4 rings (SSSR count). The molecule has 0 amide bonds. The van der Waals surface area contributed by atoms with Gasteiger partial charge in [0.05, 0.1) is 38.0 Å². The van der Waals surface area contributed by atoms with Gasteiger partial charge in [-0.25, -0.2) is 4.99 Å². The molecule has 33 heavy (non-hydrogen) atoms. The smallest absolute Gasteiger partial charge is 0.191 e. The van der Waals surface area contributed by atoms with Crippen LogP contribution in [0, 0.1) is 12.8 Å². The minimum Gasteiger partial charge on any atom is -0.493 e. The van der Waals surface area contributed by atoms with Crippen molar-refractivity contribution in [1.82, 2.24) is 20.4 Å². The number of halogens is 1. The van der Waals surface area contributed by atoms with Crippen LogP contribution in [-0.4, -0.2) is 42.1 Å². The summed E-state index contributed by atoms with van der Waals surface area (Å²) >= 11 is 0. The van der Waals surface area contributed by atoms with Crippen LogP contribution in [0.25, 0.3) is 0 Å². The van der Waals surface area contributed by atoms with Crippen LogP contribution in [0.15, 0.2) is 35.5 Å². The molecule has 1 saturated carbocycles. The fraction of sp³-hybridized carbons (Fsp3) is 0.600. The van der Waals surface area contributed by atoms with E-state index in [9.17, 15) is 0 Å². The second kappa shape index (κ2) is 13.2. The Morgan fingerprint density at radius 2 is 2.06 bits per heavy atom. The van der Waals surface area contributed by atoms with Crippen LogP contribution in [0.2, 0.25) is 0 Å². The van der Waals surface area contributed by atoms with E-state index in [1.54, 1.807) is 0 Å². The number of aryl methyl sites for hydroxylation is 1. The third-order valence-corrected chi connectivity index (χ3v) is 6.27. The maximum atomic E-state index is 6.17. The van der Waals surface area contributed by atoms with Crippen LogP contribution in [0.4, 0.5) is 0 Å². The van der Waals surface area contributed by atoms with E-state index in [0.717, 1.165) is 49.1 Å². The summed E-state index contributed by atoms with van der Waals surface area (Å²) in [5, 5.41) is 11.5. The zero-order valence-electron chi connectivity index (χ0n) is 19.9. The highest BCUT2D eigenvalue weighted by Crippen LogP contribution is 2.28. The van der Waals surface area contributed by atoms with Crippen molar-refractivity contribution in [2.45, 2.75) is 65.1 Å². The predicted octanol–water partition coefficient (Wildman–Crippen LogP) is 4.60. The lowest BCUT2D eigenvalue weighted by atomic mass is 10.1. The summed E-state index contributed by atoms with van der Waals surface area (Å²) in [6, 6.07) is 9.02. The third-order valence-electron chi connectivity index (χ3n) is 6.27. The first-order valence-electron chi connectivity index (χ1n) is 12.1. The van der Waals surface area contributed by atoms with Gasteiger partial charge in [0.25, 0.3) is 0 Å². The molecule has 1 atom stereocenters. The molecule has 0 spiro atoms. The second-order valence-corrected chi connectivity index (χ2v) is 8.93. The monoisotopic (exact) mass is 567 g/mol.